The van der Waals surface area contributed by atoms with E-state index in [1.807, 2.05) is 0 Å². The molecule has 0 saturated heterocycles. The number of carbonyl (C=O) groups is 1. The van der Waals surface area contributed by atoms with E-state index in [9.17, 15) is 18.0 Å². The molecule has 1 heterocycles. The molecule has 0 radical (unpaired) electrons. The summed E-state index contributed by atoms with van der Waals surface area (Å²) in [5.74, 6) is -0.766. The van der Waals surface area contributed by atoms with Gasteiger partial charge in [0.1, 0.15) is 0 Å². The van der Waals surface area contributed by atoms with E-state index in [-0.39, 0.29) is 6.54 Å². The molecule has 1 N–H and O–H groups in total. The Labute approximate surface area is 84.3 Å². The smallest absolute Gasteiger partial charge is 0.352 e. The van der Waals surface area contributed by atoms with Gasteiger partial charge in [-0.15, -0.1) is 0 Å². The van der Waals surface area contributed by atoms with E-state index in [1.165, 1.54) is 6.07 Å². The number of nitrogens with one attached hydrogen (secondary N) is 1. The van der Waals surface area contributed by atoms with Crippen molar-refractivity contribution in [1.29, 1.82) is 0 Å². The van der Waals surface area contributed by atoms with E-state index in [1.54, 1.807) is 6.92 Å². The number of rotatable bonds is 2. The average Bonchev–Trinajstić information content (AvgIpc) is 2.17. The lowest BCUT2D eigenvalue weighted by atomic mass is 10.1. The summed E-state index contributed by atoms with van der Waals surface area (Å²) in [7, 11) is 0. The lowest BCUT2D eigenvalue weighted by Gasteiger charge is -2.10. The Morgan fingerprint density at radius 2 is 2.20 bits per heavy atom. The van der Waals surface area contributed by atoms with E-state index in [4.69, 9.17) is 0 Å². The van der Waals surface area contributed by atoms with Crippen LogP contribution in [0.25, 0.3) is 0 Å². The largest absolute Gasteiger partial charge is 0.434 e. The van der Waals surface area contributed by atoms with E-state index in [0.29, 0.717) is 0 Å². The fourth-order valence-corrected chi connectivity index (χ4v) is 1.07. The Bertz CT molecular complexity index is 363. The highest BCUT2D eigenvalue weighted by Crippen LogP contribution is 2.29. The first-order valence-electron chi connectivity index (χ1n) is 4.27. The first-order valence-corrected chi connectivity index (χ1v) is 4.27. The summed E-state index contributed by atoms with van der Waals surface area (Å²) >= 11 is 0. The summed E-state index contributed by atoms with van der Waals surface area (Å²) in [5, 5.41) is 2.30. The minimum atomic E-state index is -4.61. The van der Waals surface area contributed by atoms with Crippen molar-refractivity contribution in [2.24, 2.45) is 0 Å². The molecule has 0 fully saturated rings. The molecule has 1 amide bonds. The van der Waals surface area contributed by atoms with Gasteiger partial charge in [0.15, 0.2) is 5.69 Å². The second-order valence-electron chi connectivity index (χ2n) is 2.76. The highest BCUT2D eigenvalue weighted by atomic mass is 19.4. The summed E-state index contributed by atoms with van der Waals surface area (Å²) in [6, 6.07) is 2.39. The van der Waals surface area contributed by atoms with Crippen LogP contribution in [0.5, 0.6) is 0 Å². The predicted molar refractivity (Wildman–Crippen MR) is 47.2 cm³/mol. The molecule has 0 bridgehead atoms. The van der Waals surface area contributed by atoms with E-state index in [2.05, 4.69) is 10.3 Å². The van der Waals surface area contributed by atoms with Gasteiger partial charge in [-0.2, -0.15) is 13.2 Å². The van der Waals surface area contributed by atoms with Crippen molar-refractivity contribution in [3.8, 4) is 0 Å². The molecule has 6 heteroatoms. The van der Waals surface area contributed by atoms with Crippen molar-refractivity contribution in [2.45, 2.75) is 13.1 Å². The number of nitrogens with zero attached hydrogens (tertiary/aromatic N) is 1. The third-order valence-electron chi connectivity index (χ3n) is 1.66. The monoisotopic (exact) mass is 218 g/mol. The SMILES string of the molecule is CCNC(=O)c1cccnc1C(F)(F)F. The zero-order chi connectivity index (χ0) is 11.5. The minimum absolute atomic E-state index is 0.269. The van der Waals surface area contributed by atoms with Crippen LogP contribution in [0.4, 0.5) is 13.2 Å². The molecule has 0 spiro atoms. The van der Waals surface area contributed by atoms with E-state index < -0.39 is 23.3 Å². The quantitative estimate of drug-likeness (QED) is 0.823. The standard InChI is InChI=1S/C9H9F3N2O/c1-2-13-8(15)6-4-3-5-14-7(6)9(10,11)12/h3-5H,2H2,1H3,(H,13,15). The number of halogens is 3. The number of aromatic nitrogens is 1. The Morgan fingerprint density at radius 3 is 2.73 bits per heavy atom. The number of alkyl halides is 3. The Hall–Kier alpha value is -1.59. The maximum atomic E-state index is 12.4. The fraction of sp³-hybridized carbons (Fsp3) is 0.333. The molecular formula is C9H9F3N2O. The second-order valence-corrected chi connectivity index (χ2v) is 2.76. The van der Waals surface area contributed by atoms with E-state index in [0.717, 1.165) is 12.3 Å². The van der Waals surface area contributed by atoms with Gasteiger partial charge in [-0.1, -0.05) is 0 Å². The average molecular weight is 218 g/mol. The molecule has 82 valence electrons. The van der Waals surface area contributed by atoms with Crippen LogP contribution in [0.15, 0.2) is 18.3 Å². The molecule has 1 aromatic heterocycles. The fourth-order valence-electron chi connectivity index (χ4n) is 1.07. The second kappa shape index (κ2) is 4.29. The van der Waals surface area contributed by atoms with Gasteiger partial charge >= 0.3 is 6.18 Å². The number of hydrogen-bond donors (Lipinski definition) is 1. The third kappa shape index (κ3) is 2.68. The third-order valence-corrected chi connectivity index (χ3v) is 1.66. The number of pyridine rings is 1. The zero-order valence-corrected chi connectivity index (χ0v) is 7.93. The van der Waals surface area contributed by atoms with Gasteiger partial charge in [0.25, 0.3) is 5.91 Å². The van der Waals surface area contributed by atoms with Gasteiger partial charge in [0.05, 0.1) is 5.56 Å². The zero-order valence-electron chi connectivity index (χ0n) is 7.93. The van der Waals surface area contributed by atoms with Crippen LogP contribution < -0.4 is 5.32 Å². The van der Waals surface area contributed by atoms with Crippen molar-refractivity contribution in [3.63, 3.8) is 0 Å². The summed E-state index contributed by atoms with van der Waals surface area (Å²) < 4.78 is 37.2. The summed E-state index contributed by atoms with van der Waals surface area (Å²) in [6.07, 6.45) is -3.60. The number of amides is 1. The molecule has 0 aliphatic carbocycles. The molecule has 15 heavy (non-hydrogen) atoms. The highest BCUT2D eigenvalue weighted by molar-refractivity contribution is 5.95. The Balaban J connectivity index is 3.12. The molecule has 0 aliphatic rings. The maximum Gasteiger partial charge on any atom is 0.434 e. The van der Waals surface area contributed by atoms with Gasteiger partial charge in [0.2, 0.25) is 0 Å². The molecule has 1 rings (SSSR count). The molecule has 0 aromatic carbocycles. The van der Waals surface area contributed by atoms with Crippen molar-refractivity contribution < 1.29 is 18.0 Å². The van der Waals surface area contributed by atoms with Crippen molar-refractivity contribution in [1.82, 2.24) is 10.3 Å². The first kappa shape index (κ1) is 11.5. The lowest BCUT2D eigenvalue weighted by molar-refractivity contribution is -0.141. The van der Waals surface area contributed by atoms with Crippen LogP contribution >= 0.6 is 0 Å². The Morgan fingerprint density at radius 1 is 1.53 bits per heavy atom. The summed E-state index contributed by atoms with van der Waals surface area (Å²) in [5.41, 5.74) is -1.61. The molecule has 0 saturated carbocycles. The first-order chi connectivity index (χ1) is 6.96. The van der Waals surface area contributed by atoms with Crippen molar-refractivity contribution in [2.75, 3.05) is 6.54 Å². The molecule has 0 aliphatic heterocycles. The topological polar surface area (TPSA) is 42.0 Å². The van der Waals surface area contributed by atoms with Gasteiger partial charge in [-0.05, 0) is 19.1 Å². The van der Waals surface area contributed by atoms with Gasteiger partial charge in [-0.3, -0.25) is 9.78 Å². The molecule has 0 unspecified atom stereocenters. The molecular weight excluding hydrogens is 209 g/mol. The van der Waals surface area contributed by atoms with Crippen molar-refractivity contribution in [3.05, 3.63) is 29.6 Å². The number of carbonyl (C=O) groups excluding carboxylic acids is 1. The molecule has 0 atom stereocenters. The molecule has 1 aromatic rings. The van der Waals surface area contributed by atoms with Gasteiger partial charge < -0.3 is 5.32 Å². The molecule has 3 nitrogen and oxygen atoms in total. The summed E-state index contributed by atoms with van der Waals surface area (Å²) in [4.78, 5) is 14.4. The maximum absolute atomic E-state index is 12.4. The van der Waals surface area contributed by atoms with E-state index >= 15 is 0 Å². The van der Waals surface area contributed by atoms with Gasteiger partial charge in [-0.25, -0.2) is 0 Å². The minimum Gasteiger partial charge on any atom is -0.352 e. The van der Waals surface area contributed by atoms with Crippen LogP contribution in [-0.4, -0.2) is 17.4 Å². The normalized spacial score (nSPS) is 11.2. The van der Waals surface area contributed by atoms with Crippen LogP contribution in [0.2, 0.25) is 0 Å². The summed E-state index contributed by atoms with van der Waals surface area (Å²) in [6.45, 7) is 1.90. The van der Waals surface area contributed by atoms with Crippen LogP contribution in [0, 0.1) is 0 Å². The Kier molecular flexibility index (Phi) is 3.28. The van der Waals surface area contributed by atoms with Crippen LogP contribution in [0.1, 0.15) is 23.0 Å². The van der Waals surface area contributed by atoms with Crippen LogP contribution in [-0.2, 0) is 6.18 Å². The predicted octanol–water partition coefficient (Wildman–Crippen LogP) is 1.85. The number of hydrogen-bond acceptors (Lipinski definition) is 2. The highest BCUT2D eigenvalue weighted by Gasteiger charge is 2.36. The van der Waals surface area contributed by atoms with Crippen LogP contribution in [0.3, 0.4) is 0 Å². The van der Waals surface area contributed by atoms with Gasteiger partial charge in [0, 0.05) is 12.7 Å². The lowest BCUT2D eigenvalue weighted by Crippen LogP contribution is -2.26. The van der Waals surface area contributed by atoms with Crippen molar-refractivity contribution >= 4 is 5.91 Å².